The fourth-order valence-electron chi connectivity index (χ4n) is 1.51. The van der Waals surface area contributed by atoms with E-state index in [2.05, 4.69) is 30.9 Å². The number of ether oxygens (including phenoxy) is 1. The van der Waals surface area contributed by atoms with Crippen LogP contribution in [0.3, 0.4) is 0 Å². The summed E-state index contributed by atoms with van der Waals surface area (Å²) in [4.78, 5) is 8.22. The van der Waals surface area contributed by atoms with Crippen molar-refractivity contribution < 1.29 is 4.74 Å². The third-order valence-electron chi connectivity index (χ3n) is 2.35. The summed E-state index contributed by atoms with van der Waals surface area (Å²) in [5.74, 6) is 1.89. The van der Waals surface area contributed by atoms with Crippen LogP contribution >= 0.6 is 0 Å². The van der Waals surface area contributed by atoms with Crippen molar-refractivity contribution in [3.05, 3.63) is 18.7 Å². The predicted molar refractivity (Wildman–Crippen MR) is 66.6 cm³/mol. The molecule has 0 radical (unpaired) electrons. The normalized spacial score (nSPS) is 10.1. The molecule has 0 aliphatic carbocycles. The molecule has 8 heteroatoms. The summed E-state index contributed by atoms with van der Waals surface area (Å²) in [5, 5.41) is 13.7. The maximum Gasteiger partial charge on any atom is 0.204 e. The fraction of sp³-hybridized carbons (Fsp3) is 0.400. The Morgan fingerprint density at radius 3 is 2.83 bits per heavy atom. The molecule has 0 aromatic carbocycles. The van der Waals surface area contributed by atoms with Crippen LogP contribution in [-0.4, -0.2) is 45.7 Å². The number of hydrogen-bond acceptors (Lipinski definition) is 7. The van der Waals surface area contributed by atoms with E-state index in [9.17, 15) is 0 Å². The van der Waals surface area contributed by atoms with Crippen molar-refractivity contribution in [2.45, 2.75) is 6.54 Å². The number of rotatable bonds is 6. The Morgan fingerprint density at radius 1 is 1.33 bits per heavy atom. The molecule has 0 saturated heterocycles. The average molecular weight is 249 g/mol. The summed E-state index contributed by atoms with van der Waals surface area (Å²) in [5.41, 5.74) is 0. The Morgan fingerprint density at radius 2 is 2.17 bits per heavy atom. The quantitative estimate of drug-likeness (QED) is 0.757. The predicted octanol–water partition coefficient (Wildman–Crippen LogP) is 0.230. The van der Waals surface area contributed by atoms with Crippen molar-refractivity contribution in [1.82, 2.24) is 25.0 Å². The Hall–Kier alpha value is -2.38. The summed E-state index contributed by atoms with van der Waals surface area (Å²) in [7, 11) is 3.37. The first-order valence-electron chi connectivity index (χ1n) is 5.50. The van der Waals surface area contributed by atoms with Crippen LogP contribution in [0.25, 0.3) is 0 Å². The van der Waals surface area contributed by atoms with Gasteiger partial charge in [-0.05, 0) is 0 Å². The van der Waals surface area contributed by atoms with Crippen LogP contribution in [0, 0.1) is 0 Å². The molecule has 0 amide bonds. The SMILES string of the molecule is CNc1ncnc(NCCn2ccnn2)c1OC. The zero-order chi connectivity index (χ0) is 12.8. The van der Waals surface area contributed by atoms with Gasteiger partial charge in [-0.25, -0.2) is 9.97 Å². The van der Waals surface area contributed by atoms with Crippen molar-refractivity contribution in [2.75, 3.05) is 31.3 Å². The summed E-state index contributed by atoms with van der Waals surface area (Å²) in [6.07, 6.45) is 4.93. The van der Waals surface area contributed by atoms with Gasteiger partial charge >= 0.3 is 0 Å². The lowest BCUT2D eigenvalue weighted by atomic mass is 10.4. The van der Waals surface area contributed by atoms with Gasteiger partial charge in [0.15, 0.2) is 11.6 Å². The molecule has 0 spiro atoms. The Kier molecular flexibility index (Phi) is 3.90. The lowest BCUT2D eigenvalue weighted by molar-refractivity contribution is 0.414. The minimum atomic E-state index is 0.596. The van der Waals surface area contributed by atoms with Crippen LogP contribution in [0.1, 0.15) is 0 Å². The zero-order valence-corrected chi connectivity index (χ0v) is 10.3. The molecule has 2 rings (SSSR count). The molecule has 2 heterocycles. The maximum atomic E-state index is 5.27. The monoisotopic (exact) mass is 249 g/mol. The average Bonchev–Trinajstić information content (AvgIpc) is 2.91. The second-order valence-electron chi connectivity index (χ2n) is 3.45. The van der Waals surface area contributed by atoms with E-state index in [0.29, 0.717) is 30.5 Å². The van der Waals surface area contributed by atoms with E-state index in [1.807, 2.05) is 0 Å². The first-order valence-corrected chi connectivity index (χ1v) is 5.50. The molecule has 2 aromatic heterocycles. The number of nitrogens with one attached hydrogen (secondary N) is 2. The van der Waals surface area contributed by atoms with Gasteiger partial charge in [0, 0.05) is 19.8 Å². The van der Waals surface area contributed by atoms with E-state index in [-0.39, 0.29) is 0 Å². The van der Waals surface area contributed by atoms with Gasteiger partial charge in [0.25, 0.3) is 0 Å². The van der Waals surface area contributed by atoms with Gasteiger partial charge in [0.2, 0.25) is 5.75 Å². The van der Waals surface area contributed by atoms with E-state index in [1.165, 1.54) is 6.33 Å². The van der Waals surface area contributed by atoms with E-state index in [0.717, 1.165) is 0 Å². The highest BCUT2D eigenvalue weighted by atomic mass is 16.5. The van der Waals surface area contributed by atoms with Crippen molar-refractivity contribution in [3.8, 4) is 5.75 Å². The van der Waals surface area contributed by atoms with Crippen molar-refractivity contribution in [3.63, 3.8) is 0 Å². The van der Waals surface area contributed by atoms with Crippen LogP contribution in [0.5, 0.6) is 5.75 Å². The molecular weight excluding hydrogens is 234 g/mol. The van der Waals surface area contributed by atoms with Crippen LogP contribution in [-0.2, 0) is 6.54 Å². The molecule has 0 fully saturated rings. The van der Waals surface area contributed by atoms with E-state index < -0.39 is 0 Å². The third kappa shape index (κ3) is 2.65. The van der Waals surface area contributed by atoms with Gasteiger partial charge in [-0.2, -0.15) is 0 Å². The molecule has 0 atom stereocenters. The van der Waals surface area contributed by atoms with Gasteiger partial charge in [0.05, 0.1) is 19.9 Å². The first-order chi connectivity index (χ1) is 8.85. The number of hydrogen-bond donors (Lipinski definition) is 2. The lowest BCUT2D eigenvalue weighted by Gasteiger charge is -2.12. The molecule has 0 saturated carbocycles. The third-order valence-corrected chi connectivity index (χ3v) is 2.35. The summed E-state index contributed by atoms with van der Waals surface area (Å²) >= 11 is 0. The maximum absolute atomic E-state index is 5.27. The minimum Gasteiger partial charge on any atom is -0.490 e. The van der Waals surface area contributed by atoms with E-state index in [1.54, 1.807) is 31.2 Å². The number of aromatic nitrogens is 5. The van der Waals surface area contributed by atoms with E-state index in [4.69, 9.17) is 4.74 Å². The van der Waals surface area contributed by atoms with Crippen molar-refractivity contribution in [1.29, 1.82) is 0 Å². The van der Waals surface area contributed by atoms with Crippen molar-refractivity contribution >= 4 is 11.6 Å². The first kappa shape index (κ1) is 12.1. The highest BCUT2D eigenvalue weighted by molar-refractivity contribution is 5.63. The van der Waals surface area contributed by atoms with Crippen LogP contribution < -0.4 is 15.4 Å². The van der Waals surface area contributed by atoms with Gasteiger partial charge in [-0.15, -0.1) is 5.10 Å². The molecule has 2 N–H and O–H groups in total. The fourth-order valence-corrected chi connectivity index (χ4v) is 1.51. The van der Waals surface area contributed by atoms with Crippen LogP contribution in [0.4, 0.5) is 11.6 Å². The molecule has 0 unspecified atom stereocenters. The van der Waals surface area contributed by atoms with Gasteiger partial charge in [0.1, 0.15) is 6.33 Å². The molecule has 2 aromatic rings. The Labute approximate surface area is 104 Å². The second-order valence-corrected chi connectivity index (χ2v) is 3.45. The van der Waals surface area contributed by atoms with Crippen LogP contribution in [0.2, 0.25) is 0 Å². The molecule has 0 aliphatic rings. The second kappa shape index (κ2) is 5.80. The molecule has 96 valence electrons. The van der Waals surface area contributed by atoms with Gasteiger partial charge in [-0.1, -0.05) is 5.21 Å². The van der Waals surface area contributed by atoms with E-state index >= 15 is 0 Å². The minimum absolute atomic E-state index is 0.596. The molecule has 0 bridgehead atoms. The van der Waals surface area contributed by atoms with Crippen molar-refractivity contribution in [2.24, 2.45) is 0 Å². The molecule has 0 aliphatic heterocycles. The Balaban J connectivity index is 2.00. The number of methoxy groups -OCH3 is 1. The topological polar surface area (TPSA) is 89.8 Å². The Bertz CT molecular complexity index is 485. The smallest absolute Gasteiger partial charge is 0.204 e. The largest absolute Gasteiger partial charge is 0.490 e. The standard InChI is InChI=1S/C10H15N7O/c1-11-9-8(18-2)10(14-7-13-9)12-3-5-17-6-4-15-16-17/h4,6-7H,3,5H2,1-2H3,(H2,11,12,13,14). The number of nitrogens with zero attached hydrogens (tertiary/aromatic N) is 5. The summed E-state index contributed by atoms with van der Waals surface area (Å²) in [6, 6.07) is 0. The van der Waals surface area contributed by atoms with Gasteiger partial charge in [-0.3, -0.25) is 4.68 Å². The highest BCUT2D eigenvalue weighted by Crippen LogP contribution is 2.27. The summed E-state index contributed by atoms with van der Waals surface area (Å²) < 4.78 is 7.01. The number of anilines is 2. The highest BCUT2D eigenvalue weighted by Gasteiger charge is 2.10. The van der Waals surface area contributed by atoms with Gasteiger partial charge < -0.3 is 15.4 Å². The van der Waals surface area contributed by atoms with Crippen LogP contribution in [0.15, 0.2) is 18.7 Å². The molecule has 18 heavy (non-hydrogen) atoms. The molecular formula is C10H15N7O. The lowest BCUT2D eigenvalue weighted by Crippen LogP contribution is -2.13. The molecule has 8 nitrogen and oxygen atoms in total. The zero-order valence-electron chi connectivity index (χ0n) is 10.3. The summed E-state index contributed by atoms with van der Waals surface area (Å²) in [6.45, 7) is 1.36.